The van der Waals surface area contributed by atoms with Gasteiger partial charge in [0.2, 0.25) is 0 Å². The molecule has 5 aromatic rings. The minimum absolute atomic E-state index is 0.0106. The number of hydrogen-bond acceptors (Lipinski definition) is 6. The molecule has 0 atom stereocenters. The van der Waals surface area contributed by atoms with Crippen LogP contribution in [0.2, 0.25) is 10.0 Å². The monoisotopic (exact) mass is 706 g/mol. The Morgan fingerprint density at radius 2 is 0.854 bits per heavy atom. The van der Waals surface area contributed by atoms with Gasteiger partial charge in [-0.25, -0.2) is 9.59 Å². The summed E-state index contributed by atoms with van der Waals surface area (Å²) in [5.41, 5.74) is -1.84. The lowest BCUT2D eigenvalue weighted by atomic mass is 10.2. The number of carbonyl (C=O) groups excluding carboxylic acids is 2. The fraction of sp³-hybridized carbons (Fsp3) is 0.0588. The van der Waals surface area contributed by atoms with Gasteiger partial charge < -0.3 is 18.9 Å². The van der Waals surface area contributed by atoms with Crippen molar-refractivity contribution in [3.63, 3.8) is 0 Å². The molecule has 48 heavy (non-hydrogen) atoms. The summed E-state index contributed by atoms with van der Waals surface area (Å²) in [7, 11) is 0. The standard InChI is InChI=1S/C34H18Cl2F6O6/c35-27-16-21(33(37,38)39)10-12-29(27)45-23-6-1-4-19(14-23)31(43)47-25-8-3-9-26(18-25)48-32(44)20-5-2-7-24(15-20)46-30-13-11-22(17-28(30)36)34(40,41)42/h1-18H. The van der Waals surface area contributed by atoms with Crippen LogP contribution >= 0.6 is 23.2 Å². The summed E-state index contributed by atoms with van der Waals surface area (Å²) in [5, 5.41) is -0.570. The molecule has 0 amide bonds. The SMILES string of the molecule is O=C(Oc1cccc(OC(=O)c2cccc(Oc3ccc(C(F)(F)F)cc3Cl)c2)c1)c1cccc(Oc2ccc(C(F)(F)F)cc2Cl)c1. The van der Waals surface area contributed by atoms with Crippen molar-refractivity contribution in [3.05, 3.63) is 141 Å². The molecule has 0 heterocycles. The number of esters is 2. The van der Waals surface area contributed by atoms with Crippen molar-refractivity contribution >= 4 is 35.1 Å². The maximum Gasteiger partial charge on any atom is 0.416 e. The van der Waals surface area contributed by atoms with Crippen LogP contribution in [0, 0.1) is 0 Å². The van der Waals surface area contributed by atoms with Gasteiger partial charge in [0.05, 0.1) is 32.3 Å². The Hall–Kier alpha value is -5.20. The quantitative estimate of drug-likeness (QED) is 0.0908. The molecule has 5 rings (SSSR count). The molecule has 246 valence electrons. The molecular formula is C34H18Cl2F6O6. The van der Waals surface area contributed by atoms with Crippen molar-refractivity contribution in [2.24, 2.45) is 0 Å². The highest BCUT2D eigenvalue weighted by molar-refractivity contribution is 6.32. The Morgan fingerprint density at radius 3 is 1.23 bits per heavy atom. The van der Waals surface area contributed by atoms with Crippen LogP contribution in [0.1, 0.15) is 31.8 Å². The number of carbonyl (C=O) groups is 2. The van der Waals surface area contributed by atoms with Gasteiger partial charge in [-0.1, -0.05) is 41.4 Å². The van der Waals surface area contributed by atoms with Crippen molar-refractivity contribution in [1.82, 2.24) is 0 Å². The number of alkyl halides is 6. The largest absolute Gasteiger partial charge is 0.456 e. The van der Waals surface area contributed by atoms with Crippen LogP contribution in [0.3, 0.4) is 0 Å². The fourth-order valence-corrected chi connectivity index (χ4v) is 4.52. The van der Waals surface area contributed by atoms with E-state index in [0.29, 0.717) is 0 Å². The first kappa shape index (κ1) is 34.1. The van der Waals surface area contributed by atoms with E-state index in [1.165, 1.54) is 72.8 Å². The fourth-order valence-electron chi connectivity index (χ4n) is 4.08. The van der Waals surface area contributed by atoms with Gasteiger partial charge in [0.15, 0.2) is 0 Å². The van der Waals surface area contributed by atoms with E-state index in [4.69, 9.17) is 42.1 Å². The van der Waals surface area contributed by atoms with Crippen LogP contribution in [0.15, 0.2) is 109 Å². The van der Waals surface area contributed by atoms with Gasteiger partial charge in [0, 0.05) is 6.07 Å². The van der Waals surface area contributed by atoms with Gasteiger partial charge in [-0.2, -0.15) is 26.3 Å². The second-order valence-electron chi connectivity index (χ2n) is 9.80. The maximum atomic E-state index is 12.9. The lowest BCUT2D eigenvalue weighted by molar-refractivity contribution is -0.138. The predicted molar refractivity (Wildman–Crippen MR) is 162 cm³/mol. The summed E-state index contributed by atoms with van der Waals surface area (Å²) in [4.78, 5) is 25.7. The van der Waals surface area contributed by atoms with E-state index in [9.17, 15) is 35.9 Å². The van der Waals surface area contributed by atoms with E-state index in [1.807, 2.05) is 0 Å². The summed E-state index contributed by atoms with van der Waals surface area (Å²) in [5.74, 6) is -1.56. The van der Waals surface area contributed by atoms with E-state index >= 15 is 0 Å². The van der Waals surface area contributed by atoms with E-state index < -0.39 is 35.4 Å². The van der Waals surface area contributed by atoms with Crippen LogP contribution in [-0.4, -0.2) is 11.9 Å². The van der Waals surface area contributed by atoms with Gasteiger partial charge in [0.1, 0.15) is 34.5 Å². The maximum absolute atomic E-state index is 12.9. The van der Waals surface area contributed by atoms with Gasteiger partial charge in [-0.15, -0.1) is 0 Å². The van der Waals surface area contributed by atoms with E-state index in [-0.39, 0.29) is 55.7 Å². The number of rotatable bonds is 8. The number of benzene rings is 5. The minimum atomic E-state index is -4.59. The third-order valence-electron chi connectivity index (χ3n) is 6.34. The van der Waals surface area contributed by atoms with Gasteiger partial charge >= 0.3 is 24.3 Å². The summed E-state index contributed by atoms with van der Waals surface area (Å²) in [6.45, 7) is 0. The zero-order valence-electron chi connectivity index (χ0n) is 23.9. The van der Waals surface area contributed by atoms with Crippen LogP contribution < -0.4 is 18.9 Å². The molecule has 0 aromatic heterocycles. The average Bonchev–Trinajstić information content (AvgIpc) is 3.02. The third-order valence-corrected chi connectivity index (χ3v) is 6.93. The van der Waals surface area contributed by atoms with E-state index in [2.05, 4.69) is 0 Å². The summed E-state index contributed by atoms with van der Waals surface area (Å²) < 4.78 is 99.5. The summed E-state index contributed by atoms with van der Waals surface area (Å²) in [6.07, 6.45) is -9.17. The van der Waals surface area contributed by atoms with E-state index in [0.717, 1.165) is 36.4 Å². The Balaban J connectivity index is 1.23. The normalized spacial score (nSPS) is 11.5. The first-order chi connectivity index (χ1) is 22.7. The molecule has 0 N–H and O–H groups in total. The molecule has 0 saturated heterocycles. The van der Waals surface area contributed by atoms with Crippen molar-refractivity contribution in [2.45, 2.75) is 12.4 Å². The van der Waals surface area contributed by atoms with Crippen LogP contribution in [0.4, 0.5) is 26.3 Å². The molecule has 0 unspecified atom stereocenters. The molecule has 0 saturated carbocycles. The average molecular weight is 707 g/mol. The summed E-state index contributed by atoms with van der Waals surface area (Å²) in [6, 6.07) is 22.1. The number of halogens is 8. The Bertz CT molecular complexity index is 1860. The van der Waals surface area contributed by atoms with Crippen LogP contribution in [0.25, 0.3) is 0 Å². The predicted octanol–water partition coefficient (Wildman–Crippen LogP) is 11.1. The highest BCUT2D eigenvalue weighted by Crippen LogP contribution is 2.38. The topological polar surface area (TPSA) is 71.1 Å². The van der Waals surface area contributed by atoms with Crippen LogP contribution in [-0.2, 0) is 12.4 Å². The minimum Gasteiger partial charge on any atom is -0.456 e. The van der Waals surface area contributed by atoms with Crippen molar-refractivity contribution in [3.8, 4) is 34.5 Å². The van der Waals surface area contributed by atoms with Gasteiger partial charge in [-0.05, 0) is 84.9 Å². The molecular weight excluding hydrogens is 689 g/mol. The number of hydrogen-bond donors (Lipinski definition) is 0. The molecule has 5 aromatic carbocycles. The summed E-state index contributed by atoms with van der Waals surface area (Å²) >= 11 is 11.9. The first-order valence-electron chi connectivity index (χ1n) is 13.5. The molecule has 0 aliphatic heterocycles. The van der Waals surface area contributed by atoms with Gasteiger partial charge in [0.25, 0.3) is 0 Å². The molecule has 14 heteroatoms. The second kappa shape index (κ2) is 13.9. The molecule has 0 radical (unpaired) electrons. The Morgan fingerprint density at radius 1 is 0.479 bits per heavy atom. The van der Waals surface area contributed by atoms with Crippen molar-refractivity contribution < 1.29 is 54.9 Å². The van der Waals surface area contributed by atoms with E-state index in [1.54, 1.807) is 0 Å². The lowest BCUT2D eigenvalue weighted by Gasteiger charge is -2.12. The molecule has 0 bridgehead atoms. The van der Waals surface area contributed by atoms with Crippen LogP contribution in [0.5, 0.6) is 34.5 Å². The molecule has 0 aliphatic rings. The number of ether oxygens (including phenoxy) is 4. The van der Waals surface area contributed by atoms with Gasteiger partial charge in [-0.3, -0.25) is 0 Å². The molecule has 0 spiro atoms. The Kier molecular flexibility index (Phi) is 9.87. The van der Waals surface area contributed by atoms with Crippen molar-refractivity contribution in [2.75, 3.05) is 0 Å². The zero-order valence-corrected chi connectivity index (χ0v) is 25.4. The van der Waals surface area contributed by atoms with Crippen molar-refractivity contribution in [1.29, 1.82) is 0 Å². The highest BCUT2D eigenvalue weighted by Gasteiger charge is 2.32. The Labute approximate surface area is 277 Å². The molecule has 0 aliphatic carbocycles. The smallest absolute Gasteiger partial charge is 0.416 e. The first-order valence-corrected chi connectivity index (χ1v) is 14.2. The lowest BCUT2D eigenvalue weighted by Crippen LogP contribution is -2.10. The zero-order chi connectivity index (χ0) is 34.6. The molecule has 6 nitrogen and oxygen atoms in total. The molecule has 0 fully saturated rings. The highest BCUT2D eigenvalue weighted by atomic mass is 35.5. The second-order valence-corrected chi connectivity index (χ2v) is 10.6. The third kappa shape index (κ3) is 8.58.